The average Bonchev–Trinajstić information content (AvgIpc) is 2.81. The van der Waals surface area contributed by atoms with E-state index in [1.807, 2.05) is 19.1 Å². The van der Waals surface area contributed by atoms with E-state index in [-0.39, 0.29) is 5.91 Å². The minimum Gasteiger partial charge on any atom is -0.466 e. The molecule has 0 saturated heterocycles. The molecule has 1 amide bonds. The van der Waals surface area contributed by atoms with Crippen molar-refractivity contribution >= 4 is 5.91 Å². The number of amides is 1. The van der Waals surface area contributed by atoms with Crippen LogP contribution in [0.5, 0.6) is 0 Å². The SMILES string of the molecule is Cc1ccc(CCNC(=O)C2(N)CC2)o1. The van der Waals surface area contributed by atoms with Crippen LogP contribution in [0.3, 0.4) is 0 Å². The van der Waals surface area contributed by atoms with Crippen molar-refractivity contribution in [3.8, 4) is 0 Å². The lowest BCUT2D eigenvalue weighted by Gasteiger charge is -2.08. The van der Waals surface area contributed by atoms with Gasteiger partial charge in [-0.05, 0) is 31.9 Å². The number of carbonyl (C=O) groups is 1. The summed E-state index contributed by atoms with van der Waals surface area (Å²) in [5.41, 5.74) is 5.17. The van der Waals surface area contributed by atoms with Gasteiger partial charge in [0.05, 0.1) is 5.54 Å². The van der Waals surface area contributed by atoms with Gasteiger partial charge in [-0.3, -0.25) is 4.79 Å². The van der Waals surface area contributed by atoms with Crippen LogP contribution < -0.4 is 11.1 Å². The number of nitrogens with two attached hydrogens (primary N) is 1. The Balaban J connectivity index is 1.73. The zero-order valence-corrected chi connectivity index (χ0v) is 8.88. The van der Waals surface area contributed by atoms with Crippen molar-refractivity contribution < 1.29 is 9.21 Å². The van der Waals surface area contributed by atoms with E-state index in [9.17, 15) is 4.79 Å². The van der Waals surface area contributed by atoms with E-state index in [0.29, 0.717) is 6.54 Å². The molecule has 1 aromatic rings. The summed E-state index contributed by atoms with van der Waals surface area (Å²) < 4.78 is 5.38. The van der Waals surface area contributed by atoms with Gasteiger partial charge in [0.1, 0.15) is 11.5 Å². The highest BCUT2D eigenvalue weighted by molar-refractivity contribution is 5.88. The number of furan rings is 1. The molecule has 1 aliphatic rings. The molecule has 0 atom stereocenters. The van der Waals surface area contributed by atoms with Crippen molar-refractivity contribution in [1.82, 2.24) is 5.32 Å². The molecule has 3 N–H and O–H groups in total. The predicted octanol–water partition coefficient (Wildman–Crippen LogP) is 0.738. The van der Waals surface area contributed by atoms with Crippen LogP contribution in [0, 0.1) is 6.92 Å². The van der Waals surface area contributed by atoms with Gasteiger partial charge >= 0.3 is 0 Å². The van der Waals surface area contributed by atoms with E-state index >= 15 is 0 Å². The van der Waals surface area contributed by atoms with E-state index in [4.69, 9.17) is 10.2 Å². The van der Waals surface area contributed by atoms with Crippen LogP contribution in [0.4, 0.5) is 0 Å². The van der Waals surface area contributed by atoms with Crippen molar-refractivity contribution in [3.63, 3.8) is 0 Å². The summed E-state index contributed by atoms with van der Waals surface area (Å²) in [6.07, 6.45) is 2.33. The van der Waals surface area contributed by atoms with Crippen molar-refractivity contribution in [2.24, 2.45) is 5.73 Å². The first kappa shape index (κ1) is 10.2. The Morgan fingerprint density at radius 1 is 1.60 bits per heavy atom. The van der Waals surface area contributed by atoms with Crippen LogP contribution in [0.2, 0.25) is 0 Å². The number of nitrogens with one attached hydrogen (secondary N) is 1. The summed E-state index contributed by atoms with van der Waals surface area (Å²) >= 11 is 0. The third-order valence-electron chi connectivity index (χ3n) is 2.69. The molecule has 1 heterocycles. The highest BCUT2D eigenvalue weighted by Crippen LogP contribution is 2.31. The normalized spacial score (nSPS) is 17.5. The molecule has 82 valence electrons. The van der Waals surface area contributed by atoms with Crippen LogP contribution in [-0.2, 0) is 11.2 Å². The summed E-state index contributed by atoms with van der Waals surface area (Å²) in [5.74, 6) is 1.76. The molecule has 15 heavy (non-hydrogen) atoms. The quantitative estimate of drug-likeness (QED) is 0.766. The van der Waals surface area contributed by atoms with Gasteiger partial charge in [0, 0.05) is 13.0 Å². The Morgan fingerprint density at radius 2 is 2.33 bits per heavy atom. The lowest BCUT2D eigenvalue weighted by atomic mass is 10.2. The number of hydrogen-bond acceptors (Lipinski definition) is 3. The third-order valence-corrected chi connectivity index (χ3v) is 2.69. The molecule has 1 aliphatic carbocycles. The zero-order chi connectivity index (χ0) is 10.9. The summed E-state index contributed by atoms with van der Waals surface area (Å²) in [6.45, 7) is 2.49. The molecule has 0 bridgehead atoms. The number of carbonyl (C=O) groups excluding carboxylic acids is 1. The molecule has 4 heteroatoms. The predicted molar refractivity (Wildman–Crippen MR) is 56.3 cm³/mol. The fourth-order valence-electron chi connectivity index (χ4n) is 1.46. The van der Waals surface area contributed by atoms with Crippen LogP contribution in [-0.4, -0.2) is 18.0 Å². The van der Waals surface area contributed by atoms with Gasteiger partial charge in [0.2, 0.25) is 5.91 Å². The molecule has 4 nitrogen and oxygen atoms in total. The van der Waals surface area contributed by atoms with Crippen molar-refractivity contribution in [2.75, 3.05) is 6.54 Å². The number of rotatable bonds is 4. The molecule has 2 rings (SSSR count). The van der Waals surface area contributed by atoms with Gasteiger partial charge < -0.3 is 15.5 Å². The van der Waals surface area contributed by atoms with Crippen LogP contribution in [0.1, 0.15) is 24.4 Å². The van der Waals surface area contributed by atoms with Gasteiger partial charge in [0.15, 0.2) is 0 Å². The molecular weight excluding hydrogens is 192 g/mol. The summed E-state index contributed by atoms with van der Waals surface area (Å²) in [4.78, 5) is 11.5. The first-order chi connectivity index (χ1) is 7.10. The molecule has 0 aromatic carbocycles. The van der Waals surface area contributed by atoms with Gasteiger partial charge in [-0.15, -0.1) is 0 Å². The largest absolute Gasteiger partial charge is 0.466 e. The highest BCUT2D eigenvalue weighted by atomic mass is 16.3. The Hall–Kier alpha value is -1.29. The molecule has 0 aliphatic heterocycles. The van der Waals surface area contributed by atoms with Gasteiger partial charge in [-0.25, -0.2) is 0 Å². The smallest absolute Gasteiger partial charge is 0.240 e. The minimum atomic E-state index is -0.570. The lowest BCUT2D eigenvalue weighted by molar-refractivity contribution is -0.123. The second-order valence-electron chi connectivity index (χ2n) is 4.17. The fourth-order valence-corrected chi connectivity index (χ4v) is 1.46. The third kappa shape index (κ3) is 2.39. The van der Waals surface area contributed by atoms with Crippen molar-refractivity contribution in [1.29, 1.82) is 0 Å². The Labute approximate surface area is 88.8 Å². The average molecular weight is 208 g/mol. The Bertz CT molecular complexity index is 366. The van der Waals surface area contributed by atoms with Crippen molar-refractivity contribution in [3.05, 3.63) is 23.7 Å². The monoisotopic (exact) mass is 208 g/mol. The summed E-state index contributed by atoms with van der Waals surface area (Å²) in [6, 6.07) is 3.85. The Kier molecular flexibility index (Phi) is 2.52. The fraction of sp³-hybridized carbons (Fsp3) is 0.545. The van der Waals surface area contributed by atoms with Gasteiger partial charge in [-0.2, -0.15) is 0 Å². The molecule has 1 aromatic heterocycles. The van der Waals surface area contributed by atoms with E-state index < -0.39 is 5.54 Å². The minimum absolute atomic E-state index is 0.0363. The molecule has 0 radical (unpaired) electrons. The van der Waals surface area contributed by atoms with Crippen LogP contribution in [0.15, 0.2) is 16.5 Å². The van der Waals surface area contributed by atoms with Crippen LogP contribution >= 0.6 is 0 Å². The maximum absolute atomic E-state index is 11.5. The first-order valence-corrected chi connectivity index (χ1v) is 5.23. The first-order valence-electron chi connectivity index (χ1n) is 5.23. The van der Waals surface area contributed by atoms with Gasteiger partial charge in [-0.1, -0.05) is 0 Å². The second kappa shape index (κ2) is 3.70. The highest BCUT2D eigenvalue weighted by Gasteiger charge is 2.45. The standard InChI is InChI=1S/C11H16N2O2/c1-8-2-3-9(15-8)4-7-13-10(14)11(12)5-6-11/h2-3H,4-7,12H2,1H3,(H,13,14). The van der Waals surface area contributed by atoms with E-state index in [1.54, 1.807) is 0 Å². The maximum atomic E-state index is 11.5. The number of aryl methyl sites for hydroxylation is 1. The zero-order valence-electron chi connectivity index (χ0n) is 8.88. The van der Waals surface area contributed by atoms with Crippen molar-refractivity contribution in [2.45, 2.75) is 31.7 Å². The second-order valence-corrected chi connectivity index (χ2v) is 4.17. The summed E-state index contributed by atoms with van der Waals surface area (Å²) in [5, 5.41) is 2.82. The van der Waals surface area contributed by atoms with Gasteiger partial charge in [0.25, 0.3) is 0 Å². The van der Waals surface area contributed by atoms with E-state index in [0.717, 1.165) is 30.8 Å². The molecular formula is C11H16N2O2. The summed E-state index contributed by atoms with van der Waals surface area (Å²) in [7, 11) is 0. The molecule has 1 fully saturated rings. The topological polar surface area (TPSA) is 68.3 Å². The molecule has 0 spiro atoms. The van der Waals surface area contributed by atoms with Crippen LogP contribution in [0.25, 0.3) is 0 Å². The maximum Gasteiger partial charge on any atom is 0.240 e. The lowest BCUT2D eigenvalue weighted by Crippen LogP contribution is -2.43. The molecule has 1 saturated carbocycles. The Morgan fingerprint density at radius 3 is 2.87 bits per heavy atom. The van der Waals surface area contributed by atoms with E-state index in [2.05, 4.69) is 5.32 Å². The van der Waals surface area contributed by atoms with E-state index in [1.165, 1.54) is 0 Å². The molecule has 0 unspecified atom stereocenters. The number of hydrogen-bond donors (Lipinski definition) is 2.